The Morgan fingerprint density at radius 2 is 2.11 bits per heavy atom. The van der Waals surface area contributed by atoms with Crippen LogP contribution in [0.2, 0.25) is 0 Å². The molecule has 0 rings (SSSR count). The topological polar surface area (TPSA) is 72.2 Å². The maximum absolute atomic E-state index is 11.6. The van der Waals surface area contributed by atoms with Crippen LogP contribution in [0.25, 0.3) is 0 Å². The molecule has 18 heavy (non-hydrogen) atoms. The van der Waals surface area contributed by atoms with Gasteiger partial charge in [-0.2, -0.15) is 0 Å². The number of ketones is 1. The summed E-state index contributed by atoms with van der Waals surface area (Å²) in [7, 11) is 0. The lowest BCUT2D eigenvalue weighted by molar-refractivity contribution is -0.138. The van der Waals surface area contributed by atoms with Gasteiger partial charge in [0.1, 0.15) is 0 Å². The minimum atomic E-state index is -0.707. The molecule has 4 heteroatoms. The zero-order valence-electron chi connectivity index (χ0n) is 11.1. The highest BCUT2D eigenvalue weighted by atomic mass is 16.2. The Morgan fingerprint density at radius 1 is 1.44 bits per heavy atom. The van der Waals surface area contributed by atoms with Crippen LogP contribution in [0.5, 0.6) is 0 Å². The maximum atomic E-state index is 11.6. The number of amides is 1. The summed E-state index contributed by atoms with van der Waals surface area (Å²) in [6.45, 7) is 7.72. The Balaban J connectivity index is 4.32. The summed E-state index contributed by atoms with van der Waals surface area (Å²) in [5.74, 6) is -1.20. The van der Waals surface area contributed by atoms with Crippen molar-refractivity contribution in [1.29, 1.82) is 0 Å². The standard InChI is InChI=1S/C14H22N2O2/c1-4-7-9-11(6-3)10-16-14(18)13(17)12(15)8-5-2/h4,6-7,9,12H,3,5,8,10,15H2,1-2H3,(H,16,18)/b7-4-,11-9+. The van der Waals surface area contributed by atoms with E-state index in [0.29, 0.717) is 6.42 Å². The third-order valence-corrected chi connectivity index (χ3v) is 2.38. The van der Waals surface area contributed by atoms with E-state index in [1.165, 1.54) is 0 Å². The van der Waals surface area contributed by atoms with E-state index < -0.39 is 17.7 Å². The summed E-state index contributed by atoms with van der Waals surface area (Å²) in [5.41, 5.74) is 6.42. The number of nitrogens with two attached hydrogens (primary N) is 1. The first-order chi connectivity index (χ1) is 8.56. The number of carbonyl (C=O) groups is 2. The molecular formula is C14H22N2O2. The van der Waals surface area contributed by atoms with E-state index in [1.807, 2.05) is 32.1 Å². The number of hydrogen-bond acceptors (Lipinski definition) is 3. The second-order valence-corrected chi connectivity index (χ2v) is 3.91. The van der Waals surface area contributed by atoms with Gasteiger partial charge >= 0.3 is 0 Å². The maximum Gasteiger partial charge on any atom is 0.289 e. The normalized spacial score (nSPS) is 13.4. The van der Waals surface area contributed by atoms with E-state index in [4.69, 9.17) is 5.73 Å². The second kappa shape index (κ2) is 9.36. The number of rotatable bonds is 8. The molecule has 0 fully saturated rings. The molecule has 0 aliphatic rings. The smallest absolute Gasteiger partial charge is 0.289 e. The van der Waals surface area contributed by atoms with Crippen LogP contribution in [0.3, 0.4) is 0 Å². The van der Waals surface area contributed by atoms with Crippen LogP contribution >= 0.6 is 0 Å². The van der Waals surface area contributed by atoms with Crippen molar-refractivity contribution < 1.29 is 9.59 Å². The molecule has 0 aliphatic heterocycles. The highest BCUT2D eigenvalue weighted by Crippen LogP contribution is 1.97. The Labute approximate surface area is 109 Å². The van der Waals surface area contributed by atoms with Gasteiger partial charge in [0.25, 0.3) is 5.91 Å². The van der Waals surface area contributed by atoms with E-state index >= 15 is 0 Å². The molecule has 0 aromatic carbocycles. The summed E-state index contributed by atoms with van der Waals surface area (Å²) < 4.78 is 0. The Morgan fingerprint density at radius 3 is 2.61 bits per heavy atom. The van der Waals surface area contributed by atoms with Crippen LogP contribution in [0.1, 0.15) is 26.7 Å². The average molecular weight is 250 g/mol. The average Bonchev–Trinajstić information content (AvgIpc) is 2.38. The van der Waals surface area contributed by atoms with Crippen molar-refractivity contribution in [2.45, 2.75) is 32.7 Å². The van der Waals surface area contributed by atoms with Crippen molar-refractivity contribution in [3.05, 3.63) is 36.5 Å². The number of allylic oxidation sites excluding steroid dienone is 3. The summed E-state index contributed by atoms with van der Waals surface area (Å²) in [6.07, 6.45) is 8.47. The van der Waals surface area contributed by atoms with Gasteiger partial charge in [-0.3, -0.25) is 9.59 Å². The van der Waals surface area contributed by atoms with E-state index in [-0.39, 0.29) is 6.54 Å². The molecule has 0 heterocycles. The van der Waals surface area contributed by atoms with Gasteiger partial charge in [-0.1, -0.05) is 44.2 Å². The van der Waals surface area contributed by atoms with Gasteiger partial charge in [0.05, 0.1) is 6.04 Å². The van der Waals surface area contributed by atoms with Crippen molar-refractivity contribution in [2.75, 3.05) is 6.54 Å². The van der Waals surface area contributed by atoms with Gasteiger partial charge in [-0.25, -0.2) is 0 Å². The van der Waals surface area contributed by atoms with Crippen molar-refractivity contribution in [3.63, 3.8) is 0 Å². The van der Waals surface area contributed by atoms with E-state index in [9.17, 15) is 9.59 Å². The molecule has 1 amide bonds. The highest BCUT2D eigenvalue weighted by Gasteiger charge is 2.20. The molecule has 0 spiro atoms. The van der Waals surface area contributed by atoms with Crippen molar-refractivity contribution in [1.82, 2.24) is 5.32 Å². The molecule has 0 aromatic heterocycles. The first-order valence-corrected chi connectivity index (χ1v) is 6.08. The minimum Gasteiger partial charge on any atom is -0.345 e. The molecule has 0 saturated carbocycles. The van der Waals surface area contributed by atoms with Gasteiger partial charge in [0.2, 0.25) is 5.78 Å². The fourth-order valence-corrected chi connectivity index (χ4v) is 1.30. The number of nitrogens with one attached hydrogen (secondary N) is 1. The van der Waals surface area contributed by atoms with Crippen LogP contribution < -0.4 is 11.1 Å². The van der Waals surface area contributed by atoms with Gasteiger partial charge in [-0.05, 0) is 18.9 Å². The molecule has 1 atom stereocenters. The zero-order valence-corrected chi connectivity index (χ0v) is 11.1. The van der Waals surface area contributed by atoms with Gasteiger partial charge < -0.3 is 11.1 Å². The van der Waals surface area contributed by atoms with E-state index in [2.05, 4.69) is 11.9 Å². The van der Waals surface area contributed by atoms with Crippen LogP contribution in [0.15, 0.2) is 36.5 Å². The molecule has 3 N–H and O–H groups in total. The van der Waals surface area contributed by atoms with Crippen molar-refractivity contribution in [3.8, 4) is 0 Å². The quantitative estimate of drug-likeness (QED) is 0.506. The Kier molecular flexibility index (Phi) is 8.49. The van der Waals surface area contributed by atoms with Gasteiger partial charge in [-0.15, -0.1) is 0 Å². The fraction of sp³-hybridized carbons (Fsp3) is 0.429. The van der Waals surface area contributed by atoms with Crippen LogP contribution in [0.4, 0.5) is 0 Å². The molecule has 0 radical (unpaired) electrons. The predicted molar refractivity (Wildman–Crippen MR) is 74.0 cm³/mol. The third kappa shape index (κ3) is 6.15. The number of hydrogen-bond donors (Lipinski definition) is 2. The predicted octanol–water partition coefficient (Wildman–Crippen LogP) is 1.49. The molecular weight excluding hydrogens is 228 g/mol. The lowest BCUT2D eigenvalue weighted by Gasteiger charge is -2.09. The zero-order chi connectivity index (χ0) is 14.0. The lowest BCUT2D eigenvalue weighted by atomic mass is 10.1. The SMILES string of the molecule is C=C/C(=C\C=C/C)CNC(=O)C(=O)C(N)CCC. The minimum absolute atomic E-state index is 0.275. The molecule has 1 unspecified atom stereocenters. The molecule has 0 saturated heterocycles. The monoisotopic (exact) mass is 250 g/mol. The fourth-order valence-electron chi connectivity index (χ4n) is 1.30. The van der Waals surface area contributed by atoms with Crippen LogP contribution in [0, 0.1) is 0 Å². The summed E-state index contributed by atoms with van der Waals surface area (Å²) in [5, 5.41) is 2.54. The van der Waals surface area contributed by atoms with Gasteiger partial charge in [0, 0.05) is 6.54 Å². The molecule has 0 aromatic rings. The van der Waals surface area contributed by atoms with Crippen molar-refractivity contribution >= 4 is 11.7 Å². The first kappa shape index (κ1) is 16.3. The highest BCUT2D eigenvalue weighted by molar-refractivity contribution is 6.38. The second-order valence-electron chi connectivity index (χ2n) is 3.91. The first-order valence-electron chi connectivity index (χ1n) is 6.08. The summed E-state index contributed by atoms with van der Waals surface area (Å²) in [6, 6.07) is -0.707. The largest absolute Gasteiger partial charge is 0.345 e. The summed E-state index contributed by atoms with van der Waals surface area (Å²) >= 11 is 0. The Hall–Kier alpha value is -1.68. The van der Waals surface area contributed by atoms with Crippen LogP contribution in [-0.2, 0) is 9.59 Å². The van der Waals surface area contributed by atoms with Crippen molar-refractivity contribution in [2.24, 2.45) is 5.73 Å². The molecule has 4 nitrogen and oxygen atoms in total. The lowest BCUT2D eigenvalue weighted by Crippen LogP contribution is -2.42. The van der Waals surface area contributed by atoms with E-state index in [0.717, 1.165) is 12.0 Å². The molecule has 100 valence electrons. The third-order valence-electron chi connectivity index (χ3n) is 2.38. The van der Waals surface area contributed by atoms with Gasteiger partial charge in [0.15, 0.2) is 0 Å². The van der Waals surface area contributed by atoms with E-state index in [1.54, 1.807) is 6.08 Å². The van der Waals surface area contributed by atoms with Crippen LogP contribution in [-0.4, -0.2) is 24.3 Å². The number of Topliss-reactive ketones (excluding diaryl/α,β-unsaturated/α-hetero) is 1. The Bertz CT molecular complexity index is 357. The molecule has 0 bridgehead atoms. The number of carbonyl (C=O) groups excluding carboxylic acids is 2. The summed E-state index contributed by atoms with van der Waals surface area (Å²) in [4.78, 5) is 23.1. The molecule has 0 aliphatic carbocycles.